The standard InChI is InChI=1S/C15H28N2O/c16-11-15(9-3-4-10-15)12-17-14(18)8-7-13-5-1-2-6-13/h13H,1-12,16H2,(H,17,18). The van der Waals surface area contributed by atoms with Crippen LogP contribution >= 0.6 is 0 Å². The summed E-state index contributed by atoms with van der Waals surface area (Å²) in [5.41, 5.74) is 6.09. The summed E-state index contributed by atoms with van der Waals surface area (Å²) in [6.45, 7) is 1.52. The maximum absolute atomic E-state index is 11.9. The second-order valence-corrected chi connectivity index (χ2v) is 6.38. The highest BCUT2D eigenvalue weighted by atomic mass is 16.1. The molecule has 0 radical (unpaired) electrons. The molecule has 0 aromatic rings. The van der Waals surface area contributed by atoms with E-state index in [0.29, 0.717) is 6.42 Å². The van der Waals surface area contributed by atoms with Crippen molar-refractivity contribution in [3.63, 3.8) is 0 Å². The van der Waals surface area contributed by atoms with Gasteiger partial charge < -0.3 is 11.1 Å². The maximum Gasteiger partial charge on any atom is 0.220 e. The Labute approximate surface area is 111 Å². The van der Waals surface area contributed by atoms with Gasteiger partial charge in [-0.15, -0.1) is 0 Å². The zero-order valence-electron chi connectivity index (χ0n) is 11.5. The summed E-state index contributed by atoms with van der Waals surface area (Å²) in [5, 5.41) is 3.12. The summed E-state index contributed by atoms with van der Waals surface area (Å²) in [5.74, 6) is 1.05. The first-order valence-electron chi connectivity index (χ1n) is 7.71. The molecule has 0 saturated heterocycles. The van der Waals surface area contributed by atoms with Crippen LogP contribution in [0.2, 0.25) is 0 Å². The van der Waals surface area contributed by atoms with E-state index in [2.05, 4.69) is 5.32 Å². The quantitative estimate of drug-likeness (QED) is 0.763. The van der Waals surface area contributed by atoms with Crippen LogP contribution in [0, 0.1) is 11.3 Å². The third-order valence-corrected chi connectivity index (χ3v) is 5.01. The van der Waals surface area contributed by atoms with Crippen LogP contribution in [0.15, 0.2) is 0 Å². The molecule has 104 valence electrons. The van der Waals surface area contributed by atoms with Crippen LogP contribution in [0.25, 0.3) is 0 Å². The number of rotatable bonds is 6. The van der Waals surface area contributed by atoms with Gasteiger partial charge in [0, 0.05) is 13.0 Å². The number of hydrogen-bond donors (Lipinski definition) is 2. The predicted molar refractivity (Wildman–Crippen MR) is 74.2 cm³/mol. The van der Waals surface area contributed by atoms with Crippen molar-refractivity contribution < 1.29 is 4.79 Å². The van der Waals surface area contributed by atoms with E-state index < -0.39 is 0 Å². The molecule has 2 aliphatic carbocycles. The Morgan fingerprint density at radius 2 is 1.83 bits per heavy atom. The van der Waals surface area contributed by atoms with Crippen molar-refractivity contribution >= 4 is 5.91 Å². The lowest BCUT2D eigenvalue weighted by Crippen LogP contribution is -2.40. The molecule has 3 nitrogen and oxygen atoms in total. The molecule has 0 heterocycles. The fraction of sp³-hybridized carbons (Fsp3) is 0.933. The van der Waals surface area contributed by atoms with Gasteiger partial charge in [-0.2, -0.15) is 0 Å². The van der Waals surface area contributed by atoms with E-state index in [9.17, 15) is 4.79 Å². The largest absolute Gasteiger partial charge is 0.355 e. The topological polar surface area (TPSA) is 55.1 Å². The van der Waals surface area contributed by atoms with E-state index in [-0.39, 0.29) is 11.3 Å². The average Bonchev–Trinajstić information content (AvgIpc) is 3.06. The number of hydrogen-bond acceptors (Lipinski definition) is 2. The van der Waals surface area contributed by atoms with E-state index in [1.807, 2.05) is 0 Å². The van der Waals surface area contributed by atoms with Crippen LogP contribution in [-0.4, -0.2) is 19.0 Å². The number of carbonyl (C=O) groups is 1. The Morgan fingerprint density at radius 3 is 2.44 bits per heavy atom. The lowest BCUT2D eigenvalue weighted by Gasteiger charge is -2.27. The summed E-state index contributed by atoms with van der Waals surface area (Å²) < 4.78 is 0. The molecule has 3 heteroatoms. The van der Waals surface area contributed by atoms with Gasteiger partial charge in [-0.25, -0.2) is 0 Å². The second kappa shape index (κ2) is 6.55. The summed E-state index contributed by atoms with van der Waals surface area (Å²) in [6, 6.07) is 0. The van der Waals surface area contributed by atoms with E-state index in [1.165, 1.54) is 51.4 Å². The van der Waals surface area contributed by atoms with E-state index in [1.54, 1.807) is 0 Å². The van der Waals surface area contributed by atoms with E-state index >= 15 is 0 Å². The van der Waals surface area contributed by atoms with Crippen LogP contribution in [0.5, 0.6) is 0 Å². The van der Waals surface area contributed by atoms with Gasteiger partial charge in [-0.05, 0) is 37.1 Å². The van der Waals surface area contributed by atoms with Gasteiger partial charge in [0.05, 0.1) is 0 Å². The molecule has 0 aromatic carbocycles. The van der Waals surface area contributed by atoms with Gasteiger partial charge in [0.25, 0.3) is 0 Å². The first-order valence-corrected chi connectivity index (χ1v) is 7.71. The van der Waals surface area contributed by atoms with Crippen molar-refractivity contribution in [3.8, 4) is 0 Å². The lowest BCUT2D eigenvalue weighted by molar-refractivity contribution is -0.121. The monoisotopic (exact) mass is 252 g/mol. The molecule has 0 unspecified atom stereocenters. The Kier molecular flexibility index (Phi) is 5.04. The van der Waals surface area contributed by atoms with Crippen molar-refractivity contribution in [2.75, 3.05) is 13.1 Å². The fourth-order valence-corrected chi connectivity index (χ4v) is 3.59. The highest BCUT2D eigenvalue weighted by molar-refractivity contribution is 5.75. The molecule has 3 N–H and O–H groups in total. The summed E-state index contributed by atoms with van der Waals surface area (Å²) in [6.07, 6.45) is 12.1. The zero-order valence-corrected chi connectivity index (χ0v) is 11.5. The normalized spacial score (nSPS) is 23.4. The minimum absolute atomic E-state index is 0.211. The van der Waals surface area contributed by atoms with Crippen molar-refractivity contribution in [1.82, 2.24) is 5.32 Å². The Morgan fingerprint density at radius 1 is 1.17 bits per heavy atom. The van der Waals surface area contributed by atoms with Crippen molar-refractivity contribution in [2.45, 2.75) is 64.2 Å². The van der Waals surface area contributed by atoms with Crippen LogP contribution in [-0.2, 0) is 4.79 Å². The molecule has 18 heavy (non-hydrogen) atoms. The first-order chi connectivity index (χ1) is 8.74. The fourth-order valence-electron chi connectivity index (χ4n) is 3.59. The van der Waals surface area contributed by atoms with Gasteiger partial charge in [0.2, 0.25) is 5.91 Å². The van der Waals surface area contributed by atoms with Crippen LogP contribution < -0.4 is 11.1 Å². The highest BCUT2D eigenvalue weighted by Gasteiger charge is 2.32. The zero-order chi connectivity index (χ0) is 12.8. The van der Waals surface area contributed by atoms with Crippen LogP contribution in [0.4, 0.5) is 0 Å². The molecule has 0 atom stereocenters. The third kappa shape index (κ3) is 3.71. The molecule has 0 bridgehead atoms. The summed E-state index contributed by atoms with van der Waals surface area (Å²) >= 11 is 0. The minimum Gasteiger partial charge on any atom is -0.355 e. The molecule has 2 fully saturated rings. The van der Waals surface area contributed by atoms with Crippen molar-refractivity contribution in [1.29, 1.82) is 0 Å². The maximum atomic E-state index is 11.9. The van der Waals surface area contributed by atoms with Gasteiger partial charge >= 0.3 is 0 Å². The molecular weight excluding hydrogens is 224 g/mol. The van der Waals surface area contributed by atoms with Crippen molar-refractivity contribution in [3.05, 3.63) is 0 Å². The number of amides is 1. The molecule has 0 aromatic heterocycles. The van der Waals surface area contributed by atoms with Crippen molar-refractivity contribution in [2.24, 2.45) is 17.1 Å². The van der Waals surface area contributed by atoms with Crippen LogP contribution in [0.1, 0.15) is 64.2 Å². The Balaban J connectivity index is 1.64. The molecular formula is C15H28N2O. The van der Waals surface area contributed by atoms with Gasteiger partial charge in [-0.1, -0.05) is 38.5 Å². The average molecular weight is 252 g/mol. The number of nitrogens with one attached hydrogen (secondary N) is 1. The van der Waals surface area contributed by atoms with Gasteiger partial charge in [0.15, 0.2) is 0 Å². The SMILES string of the molecule is NCC1(CNC(=O)CCC2CCCC2)CCCC1. The second-order valence-electron chi connectivity index (χ2n) is 6.38. The highest BCUT2D eigenvalue weighted by Crippen LogP contribution is 2.36. The Bertz CT molecular complexity index is 266. The summed E-state index contributed by atoms with van der Waals surface area (Å²) in [4.78, 5) is 11.9. The number of carbonyl (C=O) groups excluding carboxylic acids is 1. The minimum atomic E-state index is 0.211. The molecule has 1 amide bonds. The van der Waals surface area contributed by atoms with E-state index in [0.717, 1.165) is 25.4 Å². The molecule has 0 aliphatic heterocycles. The van der Waals surface area contributed by atoms with E-state index in [4.69, 9.17) is 5.73 Å². The lowest BCUT2D eigenvalue weighted by atomic mass is 9.86. The van der Waals surface area contributed by atoms with Crippen LogP contribution in [0.3, 0.4) is 0 Å². The molecule has 2 saturated carbocycles. The predicted octanol–water partition coefficient (Wildman–Crippen LogP) is 2.59. The first kappa shape index (κ1) is 13.9. The molecule has 2 rings (SSSR count). The summed E-state index contributed by atoms with van der Waals surface area (Å²) in [7, 11) is 0. The third-order valence-electron chi connectivity index (χ3n) is 5.01. The smallest absolute Gasteiger partial charge is 0.220 e. The van der Waals surface area contributed by atoms with Gasteiger partial charge in [0.1, 0.15) is 0 Å². The number of nitrogens with two attached hydrogens (primary N) is 1. The Hall–Kier alpha value is -0.570. The molecule has 0 spiro atoms. The molecule has 2 aliphatic rings. The van der Waals surface area contributed by atoms with Gasteiger partial charge in [-0.3, -0.25) is 4.79 Å².